The number of para-hydroxylation sites is 1. The van der Waals surface area contributed by atoms with Crippen molar-refractivity contribution in [2.24, 2.45) is 0 Å². The number of carbonyl (C=O) groups is 2. The average molecular weight is 411 g/mol. The molecule has 30 heavy (non-hydrogen) atoms. The zero-order valence-electron chi connectivity index (χ0n) is 18.4. The van der Waals surface area contributed by atoms with Gasteiger partial charge < -0.3 is 15.0 Å². The zero-order chi connectivity index (χ0) is 21.8. The van der Waals surface area contributed by atoms with Gasteiger partial charge in [0.1, 0.15) is 11.8 Å². The second-order valence-electron chi connectivity index (χ2n) is 7.45. The molecule has 0 aliphatic heterocycles. The number of rotatable bonds is 12. The van der Waals surface area contributed by atoms with Crippen molar-refractivity contribution in [1.29, 1.82) is 0 Å². The summed E-state index contributed by atoms with van der Waals surface area (Å²) in [6.45, 7) is 6.99. The SMILES string of the molecule is CCCCNC(=O)[C@H](CC)N(CCc1ccccc1)C(=O)COc1ccccc1C. The minimum Gasteiger partial charge on any atom is -0.484 e. The number of benzene rings is 2. The highest BCUT2D eigenvalue weighted by Crippen LogP contribution is 2.17. The number of hydrogen-bond donors (Lipinski definition) is 1. The first-order valence-corrected chi connectivity index (χ1v) is 10.9. The minimum absolute atomic E-state index is 0.0849. The highest BCUT2D eigenvalue weighted by molar-refractivity contribution is 5.88. The molecule has 5 heteroatoms. The lowest BCUT2D eigenvalue weighted by Crippen LogP contribution is -2.51. The zero-order valence-corrected chi connectivity index (χ0v) is 18.4. The summed E-state index contributed by atoms with van der Waals surface area (Å²) in [5.74, 6) is 0.421. The smallest absolute Gasteiger partial charge is 0.261 e. The quantitative estimate of drug-likeness (QED) is 0.535. The normalized spacial score (nSPS) is 11.6. The van der Waals surface area contributed by atoms with Crippen LogP contribution in [0, 0.1) is 6.92 Å². The first-order valence-electron chi connectivity index (χ1n) is 10.9. The molecule has 0 bridgehead atoms. The Labute approximate surface area is 180 Å². The van der Waals surface area contributed by atoms with Crippen LogP contribution in [-0.4, -0.2) is 42.5 Å². The predicted molar refractivity (Wildman–Crippen MR) is 121 cm³/mol. The number of amides is 2. The van der Waals surface area contributed by atoms with Crippen LogP contribution in [0.2, 0.25) is 0 Å². The standard InChI is InChI=1S/C25H34N2O3/c1-4-6-17-26-25(29)22(5-2)27(18-16-21-13-8-7-9-14-21)24(28)19-30-23-15-11-10-12-20(23)3/h7-15,22H,4-6,16-19H2,1-3H3,(H,26,29)/t22-/m0/s1. The lowest BCUT2D eigenvalue weighted by atomic mass is 10.1. The second-order valence-corrected chi connectivity index (χ2v) is 7.45. The lowest BCUT2D eigenvalue weighted by molar-refractivity contribution is -0.142. The third-order valence-electron chi connectivity index (χ3n) is 5.14. The highest BCUT2D eigenvalue weighted by Gasteiger charge is 2.28. The van der Waals surface area contributed by atoms with E-state index in [0.717, 1.165) is 24.0 Å². The largest absolute Gasteiger partial charge is 0.484 e. The van der Waals surface area contributed by atoms with Crippen LogP contribution in [0.25, 0.3) is 0 Å². The van der Waals surface area contributed by atoms with Crippen LogP contribution in [0.5, 0.6) is 5.75 Å². The Kier molecular flexibility index (Phi) is 9.92. The minimum atomic E-state index is -0.501. The van der Waals surface area contributed by atoms with Gasteiger partial charge >= 0.3 is 0 Å². The van der Waals surface area contributed by atoms with E-state index in [2.05, 4.69) is 12.2 Å². The summed E-state index contributed by atoms with van der Waals surface area (Å²) < 4.78 is 5.78. The van der Waals surface area contributed by atoms with Gasteiger partial charge in [-0.3, -0.25) is 9.59 Å². The molecule has 0 aliphatic carbocycles. The van der Waals surface area contributed by atoms with Crippen LogP contribution in [0.3, 0.4) is 0 Å². The maximum Gasteiger partial charge on any atom is 0.261 e. The molecule has 0 saturated carbocycles. The maximum absolute atomic E-state index is 13.1. The Bertz CT molecular complexity index is 792. The summed E-state index contributed by atoms with van der Waals surface area (Å²) in [6.07, 6.45) is 3.19. The molecular formula is C25H34N2O3. The van der Waals surface area contributed by atoms with Crippen LogP contribution in [0.15, 0.2) is 54.6 Å². The molecule has 0 heterocycles. The van der Waals surface area contributed by atoms with Crippen molar-refractivity contribution in [1.82, 2.24) is 10.2 Å². The van der Waals surface area contributed by atoms with Crippen molar-refractivity contribution in [2.45, 2.75) is 52.5 Å². The van der Waals surface area contributed by atoms with E-state index in [-0.39, 0.29) is 18.4 Å². The molecule has 0 fully saturated rings. The Morgan fingerprint density at radius 1 is 1.03 bits per heavy atom. The molecule has 2 amide bonds. The number of nitrogens with zero attached hydrogens (tertiary/aromatic N) is 1. The van der Waals surface area contributed by atoms with Crippen LogP contribution < -0.4 is 10.1 Å². The fraction of sp³-hybridized carbons (Fsp3) is 0.440. The third kappa shape index (κ3) is 7.21. The van der Waals surface area contributed by atoms with Gasteiger partial charge in [0.15, 0.2) is 6.61 Å². The monoisotopic (exact) mass is 410 g/mol. The van der Waals surface area contributed by atoms with Crippen molar-refractivity contribution >= 4 is 11.8 Å². The van der Waals surface area contributed by atoms with Crippen LogP contribution >= 0.6 is 0 Å². The van der Waals surface area contributed by atoms with Crippen LogP contribution in [-0.2, 0) is 16.0 Å². The molecule has 162 valence electrons. The lowest BCUT2D eigenvalue weighted by Gasteiger charge is -2.30. The topological polar surface area (TPSA) is 58.6 Å². The third-order valence-corrected chi connectivity index (χ3v) is 5.14. The number of ether oxygens (including phenoxy) is 1. The van der Waals surface area contributed by atoms with E-state index in [1.54, 1.807) is 4.90 Å². The molecule has 2 aromatic rings. The van der Waals surface area contributed by atoms with E-state index in [9.17, 15) is 9.59 Å². The number of carbonyl (C=O) groups excluding carboxylic acids is 2. The van der Waals surface area contributed by atoms with Crippen molar-refractivity contribution in [3.63, 3.8) is 0 Å². The predicted octanol–water partition coefficient (Wildman–Crippen LogP) is 4.14. The van der Waals surface area contributed by atoms with Gasteiger partial charge in [-0.15, -0.1) is 0 Å². The molecule has 2 aromatic carbocycles. The van der Waals surface area contributed by atoms with E-state index in [1.807, 2.05) is 68.4 Å². The first kappa shape index (κ1) is 23.5. The Hall–Kier alpha value is -2.82. The van der Waals surface area contributed by atoms with Gasteiger partial charge in [0.05, 0.1) is 0 Å². The van der Waals surface area contributed by atoms with Gasteiger partial charge in [0.2, 0.25) is 5.91 Å². The Morgan fingerprint density at radius 3 is 2.40 bits per heavy atom. The second kappa shape index (κ2) is 12.7. The molecule has 2 rings (SSSR count). The molecule has 5 nitrogen and oxygen atoms in total. The number of hydrogen-bond acceptors (Lipinski definition) is 3. The molecule has 0 unspecified atom stereocenters. The highest BCUT2D eigenvalue weighted by atomic mass is 16.5. The fourth-order valence-electron chi connectivity index (χ4n) is 3.34. The molecule has 0 radical (unpaired) electrons. The summed E-state index contributed by atoms with van der Waals surface area (Å²) in [5, 5.41) is 2.98. The Morgan fingerprint density at radius 2 is 1.73 bits per heavy atom. The number of unbranched alkanes of at least 4 members (excludes halogenated alkanes) is 1. The molecule has 0 saturated heterocycles. The molecule has 0 aliphatic rings. The van der Waals surface area contributed by atoms with Gasteiger partial charge in [-0.25, -0.2) is 0 Å². The molecule has 0 aromatic heterocycles. The van der Waals surface area contributed by atoms with Crippen molar-refractivity contribution in [3.8, 4) is 5.75 Å². The average Bonchev–Trinajstić information content (AvgIpc) is 2.76. The Balaban J connectivity index is 2.10. The number of aryl methyl sites for hydroxylation is 1. The van der Waals surface area contributed by atoms with E-state index in [1.165, 1.54) is 0 Å². The molecule has 0 spiro atoms. The van der Waals surface area contributed by atoms with E-state index in [4.69, 9.17) is 4.74 Å². The summed E-state index contributed by atoms with van der Waals surface area (Å²) in [5.41, 5.74) is 2.11. The van der Waals surface area contributed by atoms with Gasteiger partial charge in [-0.1, -0.05) is 68.8 Å². The van der Waals surface area contributed by atoms with E-state index >= 15 is 0 Å². The first-order chi connectivity index (χ1) is 14.6. The van der Waals surface area contributed by atoms with Gasteiger partial charge in [-0.05, 0) is 43.4 Å². The summed E-state index contributed by atoms with van der Waals surface area (Å²) in [7, 11) is 0. The van der Waals surface area contributed by atoms with Crippen LogP contribution in [0.1, 0.15) is 44.2 Å². The van der Waals surface area contributed by atoms with Gasteiger partial charge in [0.25, 0.3) is 5.91 Å². The van der Waals surface area contributed by atoms with Gasteiger partial charge in [0, 0.05) is 13.1 Å². The summed E-state index contributed by atoms with van der Waals surface area (Å²) in [6, 6.07) is 17.1. The van der Waals surface area contributed by atoms with Crippen molar-refractivity contribution in [3.05, 3.63) is 65.7 Å². The maximum atomic E-state index is 13.1. The fourth-order valence-corrected chi connectivity index (χ4v) is 3.34. The number of nitrogens with one attached hydrogen (secondary N) is 1. The van der Waals surface area contributed by atoms with Crippen molar-refractivity contribution in [2.75, 3.05) is 19.7 Å². The van der Waals surface area contributed by atoms with Crippen molar-refractivity contribution < 1.29 is 14.3 Å². The molecule has 1 N–H and O–H groups in total. The molecule has 1 atom stereocenters. The summed E-state index contributed by atoms with van der Waals surface area (Å²) in [4.78, 5) is 27.6. The molecular weight excluding hydrogens is 376 g/mol. The van der Waals surface area contributed by atoms with Gasteiger partial charge in [-0.2, -0.15) is 0 Å². The van der Waals surface area contributed by atoms with E-state index in [0.29, 0.717) is 31.7 Å². The van der Waals surface area contributed by atoms with E-state index < -0.39 is 6.04 Å². The van der Waals surface area contributed by atoms with Crippen LogP contribution in [0.4, 0.5) is 0 Å². The summed E-state index contributed by atoms with van der Waals surface area (Å²) >= 11 is 0.